The lowest BCUT2D eigenvalue weighted by Crippen LogP contribution is -2.49. The van der Waals surface area contributed by atoms with Gasteiger partial charge in [0, 0.05) is 30.1 Å². The fraction of sp³-hybridized carbons (Fsp3) is 0.379. The first-order valence-electron chi connectivity index (χ1n) is 12.6. The van der Waals surface area contributed by atoms with Crippen molar-refractivity contribution >= 4 is 29.2 Å². The average molecular weight is 521 g/mol. The van der Waals surface area contributed by atoms with Crippen LogP contribution in [0.15, 0.2) is 59.1 Å². The summed E-state index contributed by atoms with van der Waals surface area (Å²) >= 11 is 0. The van der Waals surface area contributed by atoms with Crippen LogP contribution in [0.4, 0.5) is 11.5 Å². The number of nitrogens with zero attached hydrogens (tertiary/aromatic N) is 2. The molecule has 0 unspecified atom stereocenters. The van der Waals surface area contributed by atoms with Crippen molar-refractivity contribution in [3.05, 3.63) is 71.5 Å². The molecule has 2 aromatic carbocycles. The molecule has 3 aromatic rings. The van der Waals surface area contributed by atoms with Crippen molar-refractivity contribution in [1.82, 2.24) is 10.5 Å². The number of anilines is 2. The van der Waals surface area contributed by atoms with Crippen LogP contribution in [0.5, 0.6) is 5.75 Å². The summed E-state index contributed by atoms with van der Waals surface area (Å²) in [5, 5.41) is 9.40. The van der Waals surface area contributed by atoms with E-state index < -0.39 is 11.6 Å². The fourth-order valence-electron chi connectivity index (χ4n) is 3.94. The predicted octanol–water partition coefficient (Wildman–Crippen LogP) is 4.96. The van der Waals surface area contributed by atoms with Crippen LogP contribution in [0.3, 0.4) is 0 Å². The van der Waals surface area contributed by atoms with E-state index >= 15 is 0 Å². The van der Waals surface area contributed by atoms with Gasteiger partial charge < -0.3 is 19.9 Å². The number of hydrogen-bond acceptors (Lipinski definition) is 6. The number of hydrogen-bond donors (Lipinski definition) is 2. The Kier molecular flexibility index (Phi) is 9.28. The third kappa shape index (κ3) is 7.68. The first-order chi connectivity index (χ1) is 18.0. The quantitative estimate of drug-likeness (QED) is 0.391. The molecule has 0 fully saturated rings. The second-order valence-corrected chi connectivity index (χ2v) is 10.1. The summed E-state index contributed by atoms with van der Waals surface area (Å²) < 4.78 is 10.3. The van der Waals surface area contributed by atoms with E-state index in [1.54, 1.807) is 44.4 Å². The smallest absolute Gasteiger partial charge is 0.248 e. The summed E-state index contributed by atoms with van der Waals surface area (Å²) in [4.78, 5) is 41.5. The van der Waals surface area contributed by atoms with Crippen molar-refractivity contribution in [2.75, 3.05) is 17.3 Å². The van der Waals surface area contributed by atoms with Gasteiger partial charge in [0.05, 0.1) is 7.11 Å². The van der Waals surface area contributed by atoms with Gasteiger partial charge in [-0.2, -0.15) is 0 Å². The lowest BCUT2D eigenvalue weighted by Gasteiger charge is -2.34. The Labute approximate surface area is 223 Å². The minimum Gasteiger partial charge on any atom is -0.497 e. The lowest BCUT2D eigenvalue weighted by atomic mass is 9.99. The Morgan fingerprint density at radius 3 is 2.21 bits per heavy atom. The molecule has 202 valence electrons. The number of aryl methyl sites for hydroxylation is 2. The highest BCUT2D eigenvalue weighted by Crippen LogP contribution is 2.31. The number of carbonyl (C=O) groups excluding carboxylic acids is 3. The summed E-state index contributed by atoms with van der Waals surface area (Å²) in [5.74, 6) is 0.392. The molecule has 0 aliphatic carbocycles. The maximum atomic E-state index is 13.8. The second kappa shape index (κ2) is 12.4. The minimum absolute atomic E-state index is 0.0928. The molecule has 38 heavy (non-hydrogen) atoms. The number of ether oxygens (including phenoxy) is 1. The van der Waals surface area contributed by atoms with E-state index in [1.807, 2.05) is 52.0 Å². The Hall–Kier alpha value is -4.14. The summed E-state index contributed by atoms with van der Waals surface area (Å²) in [5.41, 5.74) is 1.74. The number of methoxy groups -OCH3 is 1. The van der Waals surface area contributed by atoms with E-state index in [1.165, 1.54) is 4.90 Å². The molecule has 1 aromatic heterocycles. The summed E-state index contributed by atoms with van der Waals surface area (Å²) in [6.45, 7) is 9.41. The van der Waals surface area contributed by atoms with Crippen LogP contribution in [0.25, 0.3) is 0 Å². The van der Waals surface area contributed by atoms with E-state index in [4.69, 9.17) is 9.26 Å². The fourth-order valence-corrected chi connectivity index (χ4v) is 3.94. The Balaban J connectivity index is 1.96. The van der Waals surface area contributed by atoms with Gasteiger partial charge in [0.25, 0.3) is 0 Å². The van der Waals surface area contributed by atoms with Crippen LogP contribution >= 0.6 is 0 Å². The molecule has 0 saturated carbocycles. The number of amides is 3. The zero-order chi connectivity index (χ0) is 27.9. The number of aromatic nitrogens is 1. The van der Waals surface area contributed by atoms with Gasteiger partial charge in [-0.3, -0.25) is 19.3 Å². The largest absolute Gasteiger partial charge is 0.497 e. The monoisotopic (exact) mass is 520 g/mol. The van der Waals surface area contributed by atoms with Crippen molar-refractivity contribution < 1.29 is 23.6 Å². The van der Waals surface area contributed by atoms with Gasteiger partial charge in [0.1, 0.15) is 17.6 Å². The Bertz CT molecular complexity index is 1240. The highest BCUT2D eigenvalue weighted by atomic mass is 16.5. The topological polar surface area (TPSA) is 114 Å². The lowest BCUT2D eigenvalue weighted by molar-refractivity contribution is -0.128. The third-order valence-electron chi connectivity index (χ3n) is 5.79. The van der Waals surface area contributed by atoms with Gasteiger partial charge in [-0.25, -0.2) is 0 Å². The van der Waals surface area contributed by atoms with Crippen LogP contribution in [0, 0.1) is 6.92 Å². The first-order valence-corrected chi connectivity index (χ1v) is 12.6. The van der Waals surface area contributed by atoms with Crippen molar-refractivity contribution in [1.29, 1.82) is 0 Å². The van der Waals surface area contributed by atoms with E-state index in [0.29, 0.717) is 22.8 Å². The molecule has 0 aliphatic heterocycles. The SMILES string of the molecule is CCc1ccc(N(C(=O)CCC(=O)Nc2cc(C)on2)[C@H](C(=O)NC(C)(C)C)c2ccc(OC)cc2)cc1. The number of rotatable bonds is 10. The van der Waals surface area contributed by atoms with Crippen LogP contribution < -0.4 is 20.3 Å². The molecule has 3 rings (SSSR count). The van der Waals surface area contributed by atoms with Crippen LogP contribution in [0.2, 0.25) is 0 Å². The first kappa shape index (κ1) is 28.4. The molecule has 1 heterocycles. The molecular weight excluding hydrogens is 484 g/mol. The van der Waals surface area contributed by atoms with Gasteiger partial charge in [-0.1, -0.05) is 36.3 Å². The third-order valence-corrected chi connectivity index (χ3v) is 5.79. The summed E-state index contributed by atoms with van der Waals surface area (Å²) in [6, 6.07) is 15.2. The maximum absolute atomic E-state index is 13.8. The Morgan fingerprint density at radius 1 is 1.03 bits per heavy atom. The molecule has 2 N–H and O–H groups in total. The Morgan fingerprint density at radius 2 is 1.68 bits per heavy atom. The molecular formula is C29H36N4O5. The van der Waals surface area contributed by atoms with Crippen molar-refractivity contribution in [2.45, 2.75) is 65.5 Å². The van der Waals surface area contributed by atoms with Crippen molar-refractivity contribution in [3.8, 4) is 5.75 Å². The molecule has 0 spiro atoms. The van der Waals surface area contributed by atoms with E-state index in [-0.39, 0.29) is 36.4 Å². The molecule has 1 atom stereocenters. The normalized spacial score (nSPS) is 11.9. The molecule has 0 saturated heterocycles. The highest BCUT2D eigenvalue weighted by Gasteiger charge is 2.34. The average Bonchev–Trinajstić information content (AvgIpc) is 3.29. The van der Waals surface area contributed by atoms with Gasteiger partial charge in [-0.05, 0) is 69.5 Å². The van der Waals surface area contributed by atoms with Crippen molar-refractivity contribution in [2.24, 2.45) is 0 Å². The molecule has 9 heteroatoms. The minimum atomic E-state index is -0.971. The zero-order valence-electron chi connectivity index (χ0n) is 22.8. The van der Waals surface area contributed by atoms with Crippen LogP contribution in [-0.4, -0.2) is 35.5 Å². The van der Waals surface area contributed by atoms with Crippen LogP contribution in [-0.2, 0) is 20.8 Å². The van der Waals surface area contributed by atoms with Crippen molar-refractivity contribution in [3.63, 3.8) is 0 Å². The van der Waals surface area contributed by atoms with Crippen LogP contribution in [0.1, 0.15) is 63.5 Å². The predicted molar refractivity (Wildman–Crippen MR) is 146 cm³/mol. The molecule has 0 aliphatic rings. The van der Waals surface area contributed by atoms with E-state index in [0.717, 1.165) is 12.0 Å². The molecule has 0 radical (unpaired) electrons. The van der Waals surface area contributed by atoms with E-state index in [9.17, 15) is 14.4 Å². The van der Waals surface area contributed by atoms with E-state index in [2.05, 4.69) is 15.8 Å². The molecule has 0 bridgehead atoms. The maximum Gasteiger partial charge on any atom is 0.248 e. The summed E-state index contributed by atoms with van der Waals surface area (Å²) in [6.07, 6.45) is 0.625. The number of benzene rings is 2. The van der Waals surface area contributed by atoms with Gasteiger partial charge in [0.2, 0.25) is 17.7 Å². The summed E-state index contributed by atoms with van der Waals surface area (Å²) in [7, 11) is 1.56. The second-order valence-electron chi connectivity index (χ2n) is 10.1. The van der Waals surface area contributed by atoms with Gasteiger partial charge in [0.15, 0.2) is 5.82 Å². The van der Waals surface area contributed by atoms with Gasteiger partial charge >= 0.3 is 0 Å². The number of carbonyl (C=O) groups is 3. The molecule has 3 amide bonds. The van der Waals surface area contributed by atoms with Gasteiger partial charge in [-0.15, -0.1) is 0 Å². The zero-order valence-corrected chi connectivity index (χ0v) is 22.8. The number of nitrogens with one attached hydrogen (secondary N) is 2. The molecule has 9 nitrogen and oxygen atoms in total. The standard InChI is InChI=1S/C29H36N4O5/c1-7-20-8-12-22(13-9-20)33(26(35)17-16-25(34)30-24-18-19(2)38-32-24)27(28(36)31-29(3,4)5)21-10-14-23(37-6)15-11-21/h8-15,18,27H,7,16-17H2,1-6H3,(H,31,36)(H,30,32,34)/t27-/m0/s1. The highest BCUT2D eigenvalue weighted by molar-refractivity contribution is 6.03.